The summed E-state index contributed by atoms with van der Waals surface area (Å²) in [5, 5.41) is 0. The summed E-state index contributed by atoms with van der Waals surface area (Å²) in [6, 6.07) is 1.63. The molecule has 0 bridgehead atoms. The number of hydrogen-bond donors (Lipinski definition) is 2. The monoisotopic (exact) mass is 285 g/mol. The van der Waals surface area contributed by atoms with Crippen LogP contribution in [0.1, 0.15) is 32.4 Å². The molecule has 108 valence electrons. The number of piperidine rings is 1. The lowest BCUT2D eigenvalue weighted by molar-refractivity contribution is 0.226. The standard InChI is InChI=1S/C13H23N3O2S/c1-10(2)11-3-5-16(6-4-11)19(17,18)13-7-12(8-14)15-9-13/h7,9-11,15H,3-6,8,14H2,1-2H3. The zero-order valence-electron chi connectivity index (χ0n) is 11.6. The van der Waals surface area contributed by atoms with E-state index >= 15 is 0 Å². The van der Waals surface area contributed by atoms with Crippen molar-refractivity contribution in [2.24, 2.45) is 17.6 Å². The van der Waals surface area contributed by atoms with Crippen LogP contribution in [-0.4, -0.2) is 30.8 Å². The summed E-state index contributed by atoms with van der Waals surface area (Å²) in [6.45, 7) is 5.97. The van der Waals surface area contributed by atoms with E-state index in [4.69, 9.17) is 5.73 Å². The molecule has 1 aliphatic rings. The van der Waals surface area contributed by atoms with Crippen molar-refractivity contribution in [2.75, 3.05) is 13.1 Å². The number of nitrogens with two attached hydrogens (primary N) is 1. The molecule has 6 heteroatoms. The van der Waals surface area contributed by atoms with Gasteiger partial charge in [0.1, 0.15) is 0 Å². The zero-order chi connectivity index (χ0) is 14.0. The van der Waals surface area contributed by atoms with Gasteiger partial charge in [0, 0.05) is 31.5 Å². The van der Waals surface area contributed by atoms with Gasteiger partial charge in [0.15, 0.2) is 0 Å². The number of aromatic amines is 1. The smallest absolute Gasteiger partial charge is 0.244 e. The van der Waals surface area contributed by atoms with Gasteiger partial charge in [-0.05, 0) is 30.7 Å². The molecule has 1 aromatic rings. The van der Waals surface area contributed by atoms with Crippen LogP contribution in [0, 0.1) is 11.8 Å². The minimum atomic E-state index is -3.35. The molecule has 0 radical (unpaired) electrons. The highest BCUT2D eigenvalue weighted by Crippen LogP contribution is 2.28. The highest BCUT2D eigenvalue weighted by atomic mass is 32.2. The molecule has 1 fully saturated rings. The molecule has 0 amide bonds. The van der Waals surface area contributed by atoms with Crippen molar-refractivity contribution in [2.45, 2.75) is 38.1 Å². The zero-order valence-corrected chi connectivity index (χ0v) is 12.4. The van der Waals surface area contributed by atoms with E-state index in [1.807, 2.05) is 0 Å². The van der Waals surface area contributed by atoms with Crippen molar-refractivity contribution in [1.29, 1.82) is 0 Å². The summed E-state index contributed by atoms with van der Waals surface area (Å²) < 4.78 is 26.5. The average Bonchev–Trinajstić information content (AvgIpc) is 2.88. The lowest BCUT2D eigenvalue weighted by atomic mass is 9.87. The van der Waals surface area contributed by atoms with E-state index in [1.54, 1.807) is 10.4 Å². The Labute approximate surface area is 115 Å². The fourth-order valence-electron chi connectivity index (χ4n) is 2.62. The summed E-state index contributed by atoms with van der Waals surface area (Å²) in [4.78, 5) is 3.23. The van der Waals surface area contributed by atoms with Gasteiger partial charge in [0.05, 0.1) is 4.90 Å². The minimum Gasteiger partial charge on any atom is -0.363 e. The average molecular weight is 285 g/mol. The van der Waals surface area contributed by atoms with Gasteiger partial charge in [0.25, 0.3) is 0 Å². The van der Waals surface area contributed by atoms with Crippen molar-refractivity contribution in [3.63, 3.8) is 0 Å². The molecule has 0 saturated carbocycles. The molecule has 2 rings (SSSR count). The maximum Gasteiger partial charge on any atom is 0.244 e. The van der Waals surface area contributed by atoms with E-state index < -0.39 is 10.0 Å². The van der Waals surface area contributed by atoms with E-state index in [0.29, 0.717) is 36.4 Å². The largest absolute Gasteiger partial charge is 0.363 e. The van der Waals surface area contributed by atoms with Crippen LogP contribution in [0.3, 0.4) is 0 Å². The van der Waals surface area contributed by atoms with Crippen LogP contribution in [0.25, 0.3) is 0 Å². The van der Waals surface area contributed by atoms with E-state index in [1.165, 1.54) is 6.20 Å². The molecule has 0 aliphatic carbocycles. The van der Waals surface area contributed by atoms with Crippen molar-refractivity contribution < 1.29 is 8.42 Å². The molecule has 0 spiro atoms. The summed E-state index contributed by atoms with van der Waals surface area (Å²) in [7, 11) is -3.35. The topological polar surface area (TPSA) is 79.2 Å². The first kappa shape index (κ1) is 14.6. The fourth-order valence-corrected chi connectivity index (χ4v) is 4.11. The molecule has 19 heavy (non-hydrogen) atoms. The van der Waals surface area contributed by atoms with Gasteiger partial charge in [-0.15, -0.1) is 0 Å². The van der Waals surface area contributed by atoms with Crippen molar-refractivity contribution in [3.8, 4) is 0 Å². The lowest BCUT2D eigenvalue weighted by Gasteiger charge is -2.32. The van der Waals surface area contributed by atoms with Gasteiger partial charge in [-0.1, -0.05) is 13.8 Å². The maximum atomic E-state index is 12.5. The van der Waals surface area contributed by atoms with Crippen LogP contribution < -0.4 is 5.73 Å². The molecule has 0 unspecified atom stereocenters. The van der Waals surface area contributed by atoms with Gasteiger partial charge >= 0.3 is 0 Å². The second-order valence-electron chi connectivity index (χ2n) is 5.55. The Morgan fingerprint density at radius 2 is 2.05 bits per heavy atom. The van der Waals surface area contributed by atoms with E-state index in [2.05, 4.69) is 18.8 Å². The second kappa shape index (κ2) is 5.64. The van der Waals surface area contributed by atoms with Gasteiger partial charge < -0.3 is 10.7 Å². The fraction of sp³-hybridized carbons (Fsp3) is 0.692. The van der Waals surface area contributed by atoms with Crippen LogP contribution in [0.5, 0.6) is 0 Å². The molecule has 1 aliphatic heterocycles. The molecule has 0 aromatic carbocycles. The van der Waals surface area contributed by atoms with Crippen LogP contribution >= 0.6 is 0 Å². The van der Waals surface area contributed by atoms with Crippen LogP contribution in [0.2, 0.25) is 0 Å². The summed E-state index contributed by atoms with van der Waals surface area (Å²) in [6.07, 6.45) is 3.43. The molecular weight excluding hydrogens is 262 g/mol. The normalized spacial score (nSPS) is 19.2. The Balaban J connectivity index is 2.09. The number of hydrogen-bond acceptors (Lipinski definition) is 3. The van der Waals surface area contributed by atoms with Crippen LogP contribution in [0.4, 0.5) is 0 Å². The number of sulfonamides is 1. The molecule has 5 nitrogen and oxygen atoms in total. The molecular formula is C13H23N3O2S. The summed E-state index contributed by atoms with van der Waals surface area (Å²) >= 11 is 0. The van der Waals surface area contributed by atoms with Crippen molar-refractivity contribution >= 4 is 10.0 Å². The quantitative estimate of drug-likeness (QED) is 0.880. The molecule has 3 N–H and O–H groups in total. The Morgan fingerprint density at radius 3 is 2.53 bits per heavy atom. The maximum absolute atomic E-state index is 12.5. The van der Waals surface area contributed by atoms with Gasteiger partial charge in [-0.2, -0.15) is 4.31 Å². The SMILES string of the molecule is CC(C)C1CCN(S(=O)(=O)c2c[nH]c(CN)c2)CC1. The highest BCUT2D eigenvalue weighted by Gasteiger charge is 2.30. The third kappa shape index (κ3) is 3.01. The number of aromatic nitrogens is 1. The first-order valence-corrected chi connectivity index (χ1v) is 8.26. The first-order chi connectivity index (χ1) is 8.95. The van der Waals surface area contributed by atoms with Crippen LogP contribution in [-0.2, 0) is 16.6 Å². The second-order valence-corrected chi connectivity index (χ2v) is 7.49. The lowest BCUT2D eigenvalue weighted by Crippen LogP contribution is -2.39. The molecule has 2 heterocycles. The van der Waals surface area contributed by atoms with Gasteiger partial charge in [-0.3, -0.25) is 0 Å². The Kier molecular flexibility index (Phi) is 4.32. The highest BCUT2D eigenvalue weighted by molar-refractivity contribution is 7.89. The molecule has 1 saturated heterocycles. The third-order valence-electron chi connectivity index (χ3n) is 4.02. The number of H-pyrrole nitrogens is 1. The van der Waals surface area contributed by atoms with Crippen molar-refractivity contribution in [1.82, 2.24) is 9.29 Å². The first-order valence-electron chi connectivity index (χ1n) is 6.82. The third-order valence-corrected chi connectivity index (χ3v) is 5.89. The predicted octanol–water partition coefficient (Wildman–Crippen LogP) is 1.53. The Morgan fingerprint density at radius 1 is 1.42 bits per heavy atom. The minimum absolute atomic E-state index is 0.324. The predicted molar refractivity (Wildman–Crippen MR) is 75.0 cm³/mol. The van der Waals surface area contributed by atoms with Gasteiger partial charge in [0.2, 0.25) is 10.0 Å². The summed E-state index contributed by atoms with van der Waals surface area (Å²) in [5.74, 6) is 1.26. The van der Waals surface area contributed by atoms with Crippen LogP contribution in [0.15, 0.2) is 17.2 Å². The summed E-state index contributed by atoms with van der Waals surface area (Å²) in [5.41, 5.74) is 6.24. The van der Waals surface area contributed by atoms with E-state index in [9.17, 15) is 8.42 Å². The Bertz CT molecular complexity index is 514. The Hall–Kier alpha value is -0.850. The van der Waals surface area contributed by atoms with Crippen molar-refractivity contribution in [3.05, 3.63) is 18.0 Å². The number of nitrogens with zero attached hydrogens (tertiary/aromatic N) is 1. The van der Waals surface area contributed by atoms with Gasteiger partial charge in [-0.25, -0.2) is 8.42 Å². The molecule has 0 atom stereocenters. The van der Waals surface area contributed by atoms with E-state index in [0.717, 1.165) is 18.5 Å². The van der Waals surface area contributed by atoms with E-state index in [-0.39, 0.29) is 0 Å². The number of nitrogens with one attached hydrogen (secondary N) is 1. The number of rotatable bonds is 4. The molecule has 1 aromatic heterocycles.